The minimum Gasteiger partial charge on any atom is -0.482 e. The first-order chi connectivity index (χ1) is 11.2. The van der Waals surface area contributed by atoms with E-state index in [1.54, 1.807) is 6.07 Å². The van der Waals surface area contributed by atoms with E-state index in [4.69, 9.17) is 9.84 Å². The van der Waals surface area contributed by atoms with E-state index in [1.165, 1.54) is 10.9 Å². The number of benzene rings is 2. The van der Waals surface area contributed by atoms with Crippen LogP contribution in [0, 0.1) is 6.42 Å². The summed E-state index contributed by atoms with van der Waals surface area (Å²) >= 11 is 0. The van der Waals surface area contributed by atoms with Gasteiger partial charge in [0.1, 0.15) is 5.75 Å². The number of H-pyrrole nitrogens is 1. The highest BCUT2D eigenvalue weighted by Gasteiger charge is 2.04. The second-order valence-electron chi connectivity index (χ2n) is 5.36. The number of ether oxygens (including phenoxy) is 1. The lowest BCUT2D eigenvalue weighted by molar-refractivity contribution is -0.139. The summed E-state index contributed by atoms with van der Waals surface area (Å²) in [7, 11) is 0. The number of hydrogen-bond donors (Lipinski definition) is 2. The summed E-state index contributed by atoms with van der Waals surface area (Å²) in [4.78, 5) is 13.8. The quantitative estimate of drug-likeness (QED) is 0.697. The molecule has 0 atom stereocenters. The Bertz CT molecular complexity index is 807. The number of rotatable bonds is 7. The molecule has 0 aliphatic rings. The maximum Gasteiger partial charge on any atom is 0.341 e. The van der Waals surface area contributed by atoms with Gasteiger partial charge in [-0.05, 0) is 48.6 Å². The summed E-state index contributed by atoms with van der Waals surface area (Å²) in [6.07, 6.45) is 6.05. The number of aryl methyl sites for hydroxylation is 1. The molecule has 3 aromatic rings. The van der Waals surface area contributed by atoms with E-state index in [-0.39, 0.29) is 6.61 Å². The van der Waals surface area contributed by atoms with Crippen molar-refractivity contribution in [1.29, 1.82) is 0 Å². The molecule has 0 spiro atoms. The lowest BCUT2D eigenvalue weighted by atomic mass is 10.0. The lowest BCUT2D eigenvalue weighted by Crippen LogP contribution is -2.09. The highest BCUT2D eigenvalue weighted by atomic mass is 16.5. The molecule has 4 heteroatoms. The van der Waals surface area contributed by atoms with E-state index in [0.29, 0.717) is 5.75 Å². The third-order valence-corrected chi connectivity index (χ3v) is 3.69. The van der Waals surface area contributed by atoms with E-state index in [1.807, 2.05) is 30.3 Å². The van der Waals surface area contributed by atoms with Crippen molar-refractivity contribution in [3.8, 4) is 5.75 Å². The molecule has 2 N–H and O–H groups in total. The molecule has 117 valence electrons. The van der Waals surface area contributed by atoms with Crippen molar-refractivity contribution >= 4 is 16.9 Å². The molecule has 0 aliphatic heterocycles. The molecule has 0 unspecified atom stereocenters. The Balaban J connectivity index is 1.58. The van der Waals surface area contributed by atoms with Gasteiger partial charge in [-0.3, -0.25) is 0 Å². The number of aromatic amines is 1. The number of carboxylic acids is 1. The summed E-state index contributed by atoms with van der Waals surface area (Å²) in [5.41, 5.74) is 3.49. The number of aliphatic carboxylic acids is 1. The molecule has 1 radical (unpaired) electrons. The predicted molar refractivity (Wildman–Crippen MR) is 89.6 cm³/mol. The molecule has 1 aromatic heterocycles. The highest BCUT2D eigenvalue weighted by Crippen LogP contribution is 2.21. The molecule has 1 heterocycles. The smallest absolute Gasteiger partial charge is 0.341 e. The van der Waals surface area contributed by atoms with Crippen LogP contribution < -0.4 is 4.74 Å². The Kier molecular flexibility index (Phi) is 4.62. The molecule has 0 saturated carbocycles. The first-order valence-corrected chi connectivity index (χ1v) is 7.55. The van der Waals surface area contributed by atoms with Crippen molar-refractivity contribution in [2.45, 2.75) is 12.8 Å². The van der Waals surface area contributed by atoms with Crippen molar-refractivity contribution < 1.29 is 14.6 Å². The standard InChI is InChI=1S/C19H18NO3/c21-19(22)13-23-16-8-4-6-14(11-16)5-3-7-15-12-20-18-10-2-1-9-17(15)18/h1-2,4-6,8-12,20H,3,7,13H2,(H,21,22). The number of carbonyl (C=O) groups is 1. The summed E-state index contributed by atoms with van der Waals surface area (Å²) in [6, 6.07) is 15.8. The van der Waals surface area contributed by atoms with Crippen molar-refractivity contribution in [2.75, 3.05) is 6.61 Å². The van der Waals surface area contributed by atoms with Crippen LogP contribution in [0.1, 0.15) is 17.5 Å². The molecular weight excluding hydrogens is 290 g/mol. The number of carboxylic acid groups (broad SMARTS) is 1. The van der Waals surface area contributed by atoms with Crippen LogP contribution in [0.25, 0.3) is 10.9 Å². The van der Waals surface area contributed by atoms with Crippen molar-refractivity contribution in [3.05, 3.63) is 72.3 Å². The number of aromatic nitrogens is 1. The van der Waals surface area contributed by atoms with Gasteiger partial charge in [0.25, 0.3) is 0 Å². The van der Waals surface area contributed by atoms with Crippen molar-refractivity contribution in [2.24, 2.45) is 0 Å². The lowest BCUT2D eigenvalue weighted by Gasteiger charge is -2.06. The fourth-order valence-corrected chi connectivity index (χ4v) is 2.61. The minimum atomic E-state index is -0.973. The highest BCUT2D eigenvalue weighted by molar-refractivity contribution is 5.83. The van der Waals surface area contributed by atoms with Crippen molar-refractivity contribution in [1.82, 2.24) is 4.98 Å². The normalized spacial score (nSPS) is 10.8. The van der Waals surface area contributed by atoms with Gasteiger partial charge < -0.3 is 14.8 Å². The van der Waals surface area contributed by atoms with Crippen LogP contribution in [0.2, 0.25) is 0 Å². The first-order valence-electron chi connectivity index (χ1n) is 7.55. The summed E-state index contributed by atoms with van der Waals surface area (Å²) in [6.45, 7) is -0.321. The molecule has 4 nitrogen and oxygen atoms in total. The fraction of sp³-hybridized carbons (Fsp3) is 0.158. The number of para-hydroxylation sites is 1. The van der Waals surface area contributed by atoms with Gasteiger partial charge in [0.2, 0.25) is 0 Å². The first kappa shape index (κ1) is 15.2. The second-order valence-corrected chi connectivity index (χ2v) is 5.36. The van der Waals surface area contributed by atoms with E-state index >= 15 is 0 Å². The number of fused-ring (bicyclic) bond motifs is 1. The van der Waals surface area contributed by atoms with Crippen LogP contribution in [0.5, 0.6) is 5.75 Å². The van der Waals surface area contributed by atoms with Crippen molar-refractivity contribution in [3.63, 3.8) is 0 Å². The fourth-order valence-electron chi connectivity index (χ4n) is 2.61. The molecule has 0 fully saturated rings. The topological polar surface area (TPSA) is 62.3 Å². The van der Waals surface area contributed by atoms with Crippen LogP contribution in [-0.4, -0.2) is 22.7 Å². The van der Waals surface area contributed by atoms with Gasteiger partial charge in [0, 0.05) is 17.1 Å². The average molecular weight is 308 g/mol. The van der Waals surface area contributed by atoms with E-state index < -0.39 is 5.97 Å². The molecule has 0 saturated heterocycles. The van der Waals surface area contributed by atoms with E-state index in [2.05, 4.69) is 29.7 Å². The number of nitrogens with one attached hydrogen (secondary N) is 1. The molecule has 2 aromatic carbocycles. The third-order valence-electron chi connectivity index (χ3n) is 3.69. The SMILES string of the molecule is O=C(O)COc1cccc([CH]CCc2c[nH]c3ccccc23)c1. The van der Waals surface area contributed by atoms with Crippen LogP contribution in [0.15, 0.2) is 54.7 Å². The summed E-state index contributed by atoms with van der Waals surface area (Å²) in [5, 5.41) is 9.91. The zero-order chi connectivity index (χ0) is 16.1. The largest absolute Gasteiger partial charge is 0.482 e. The molecule has 0 aliphatic carbocycles. The van der Waals surface area contributed by atoms with Crippen LogP contribution in [0.4, 0.5) is 0 Å². The summed E-state index contributed by atoms with van der Waals surface area (Å²) in [5.74, 6) is -0.396. The number of hydrogen-bond acceptors (Lipinski definition) is 2. The van der Waals surface area contributed by atoms with Crippen LogP contribution >= 0.6 is 0 Å². The second kappa shape index (κ2) is 7.01. The minimum absolute atomic E-state index is 0.321. The Hall–Kier alpha value is -2.75. The Labute approximate surface area is 134 Å². The Morgan fingerprint density at radius 3 is 2.91 bits per heavy atom. The van der Waals surface area contributed by atoms with Gasteiger partial charge in [-0.2, -0.15) is 0 Å². The Morgan fingerprint density at radius 1 is 1.17 bits per heavy atom. The third kappa shape index (κ3) is 3.92. The zero-order valence-corrected chi connectivity index (χ0v) is 12.7. The molecule has 23 heavy (non-hydrogen) atoms. The maximum atomic E-state index is 10.5. The van der Waals surface area contributed by atoms with Gasteiger partial charge in [-0.25, -0.2) is 4.79 Å². The summed E-state index contributed by atoms with van der Waals surface area (Å²) < 4.78 is 5.19. The molecule has 0 amide bonds. The van der Waals surface area contributed by atoms with Gasteiger partial charge in [0.05, 0.1) is 0 Å². The van der Waals surface area contributed by atoms with Crippen LogP contribution in [-0.2, 0) is 11.2 Å². The maximum absolute atomic E-state index is 10.5. The molecule has 3 rings (SSSR count). The predicted octanol–water partition coefficient (Wildman–Crippen LogP) is 3.82. The average Bonchev–Trinajstić information content (AvgIpc) is 2.97. The van der Waals surface area contributed by atoms with Crippen LogP contribution in [0.3, 0.4) is 0 Å². The zero-order valence-electron chi connectivity index (χ0n) is 12.7. The monoisotopic (exact) mass is 308 g/mol. The van der Waals surface area contributed by atoms with E-state index in [0.717, 1.165) is 23.9 Å². The molecular formula is C19H18NO3. The van der Waals surface area contributed by atoms with E-state index in [9.17, 15) is 4.79 Å². The molecule has 0 bridgehead atoms. The van der Waals surface area contributed by atoms with Gasteiger partial charge in [-0.15, -0.1) is 0 Å². The Morgan fingerprint density at radius 2 is 2.04 bits per heavy atom. The van der Waals surface area contributed by atoms with Gasteiger partial charge in [0.15, 0.2) is 6.61 Å². The van der Waals surface area contributed by atoms with Gasteiger partial charge >= 0.3 is 5.97 Å². The van der Waals surface area contributed by atoms with Gasteiger partial charge in [-0.1, -0.05) is 30.3 Å².